The zero-order valence-electron chi connectivity index (χ0n) is 19.2. The Morgan fingerprint density at radius 1 is 1.15 bits per heavy atom. The summed E-state index contributed by atoms with van der Waals surface area (Å²) in [5, 5.41) is 16.8. The van der Waals surface area contributed by atoms with Crippen molar-refractivity contribution in [3.8, 4) is 0 Å². The summed E-state index contributed by atoms with van der Waals surface area (Å²) in [5.41, 5.74) is 5.95. The molecule has 0 fully saturated rings. The van der Waals surface area contributed by atoms with Gasteiger partial charge in [0.15, 0.2) is 5.71 Å². The van der Waals surface area contributed by atoms with Crippen LogP contribution in [0.15, 0.2) is 71.3 Å². The molecule has 6 heteroatoms. The molecule has 4 rings (SSSR count). The van der Waals surface area contributed by atoms with Crippen molar-refractivity contribution in [3.05, 3.63) is 76.9 Å². The molecule has 2 aliphatic rings. The minimum Gasteiger partial charge on any atom is -0.691 e. The number of nitrogens with zero attached hydrogens (tertiary/aromatic N) is 1. The summed E-state index contributed by atoms with van der Waals surface area (Å²) >= 11 is 7.65. The van der Waals surface area contributed by atoms with E-state index in [-0.39, 0.29) is 5.41 Å². The molecule has 0 spiro atoms. The van der Waals surface area contributed by atoms with Crippen LogP contribution in [0.5, 0.6) is 0 Å². The molecule has 1 heterocycles. The van der Waals surface area contributed by atoms with E-state index in [0.717, 1.165) is 61.3 Å². The number of allylic oxidation sites excluding steroid dienone is 5. The van der Waals surface area contributed by atoms with Crippen LogP contribution in [0.3, 0.4) is 0 Å². The lowest BCUT2D eigenvalue weighted by atomic mass is 9.79. The van der Waals surface area contributed by atoms with Crippen molar-refractivity contribution in [2.75, 3.05) is 12.3 Å². The van der Waals surface area contributed by atoms with Crippen LogP contribution in [0, 0.1) is 0 Å². The molecule has 0 saturated heterocycles. The molecule has 2 aromatic carbocycles. The molecule has 1 aliphatic carbocycles. The van der Waals surface area contributed by atoms with Crippen molar-refractivity contribution in [1.82, 2.24) is 0 Å². The van der Waals surface area contributed by atoms with Crippen LogP contribution in [0.4, 0.5) is 5.69 Å². The van der Waals surface area contributed by atoms with Gasteiger partial charge in [-0.05, 0) is 67.5 Å². The zero-order valence-corrected chi connectivity index (χ0v) is 20.8. The highest BCUT2D eigenvalue weighted by atomic mass is 35.5. The standard InChI is InChI=1S/C27H30ClNO3S/c1-19-9-8-11-21(26(19)28)14-16-24-27(2,3)25-22-12-5-4-10-20(22)13-15-23(25)29(24)17-6-7-18-33-32-31-30/h4-5,10,12-16H,1,6-9,11,17-18H2,2-3H3/b16-14+. The maximum Gasteiger partial charge on any atom is 0.210 e. The number of hydrogen-bond acceptors (Lipinski definition) is 4. The summed E-state index contributed by atoms with van der Waals surface area (Å²) in [6, 6.07) is 13.1. The first-order valence-corrected chi connectivity index (χ1v) is 12.7. The molecule has 0 amide bonds. The number of hydrogen-bond donors (Lipinski definition) is 0. The number of fused-ring (bicyclic) bond motifs is 3. The minimum atomic E-state index is -0.153. The van der Waals surface area contributed by atoms with Crippen LogP contribution < -0.4 is 5.26 Å². The number of unbranched alkanes of at least 4 members (excludes halogenated alkanes) is 1. The van der Waals surface area contributed by atoms with Gasteiger partial charge in [-0.15, -0.1) is 0 Å². The molecule has 0 N–H and O–H groups in total. The Bertz CT molecular complexity index is 1150. The third-order valence-electron chi connectivity index (χ3n) is 6.65. The van der Waals surface area contributed by atoms with Gasteiger partial charge in [-0.1, -0.05) is 48.5 Å². The Kier molecular flexibility index (Phi) is 7.77. The van der Waals surface area contributed by atoms with Crippen molar-refractivity contribution in [1.29, 1.82) is 0 Å². The number of halogens is 1. The first-order valence-electron chi connectivity index (χ1n) is 11.5. The van der Waals surface area contributed by atoms with Gasteiger partial charge in [0.25, 0.3) is 0 Å². The molecule has 174 valence electrons. The van der Waals surface area contributed by atoms with Crippen molar-refractivity contribution < 1.29 is 19.2 Å². The van der Waals surface area contributed by atoms with Crippen LogP contribution in [-0.2, 0) is 14.8 Å². The average molecular weight is 484 g/mol. The van der Waals surface area contributed by atoms with E-state index in [2.05, 4.69) is 82.9 Å². The molecular weight excluding hydrogens is 454 g/mol. The van der Waals surface area contributed by atoms with E-state index >= 15 is 0 Å². The fourth-order valence-electron chi connectivity index (χ4n) is 5.04. The van der Waals surface area contributed by atoms with Gasteiger partial charge in [0.1, 0.15) is 6.54 Å². The Morgan fingerprint density at radius 2 is 1.97 bits per heavy atom. The second-order valence-electron chi connectivity index (χ2n) is 9.14. The first kappa shape index (κ1) is 24.2. The quantitative estimate of drug-likeness (QED) is 0.131. The molecule has 4 nitrogen and oxygen atoms in total. The van der Waals surface area contributed by atoms with Crippen molar-refractivity contribution in [3.63, 3.8) is 0 Å². The Labute approximate surface area is 205 Å². The van der Waals surface area contributed by atoms with Crippen LogP contribution in [0.25, 0.3) is 10.8 Å². The van der Waals surface area contributed by atoms with Crippen LogP contribution in [0.2, 0.25) is 0 Å². The highest BCUT2D eigenvalue weighted by molar-refractivity contribution is 7.94. The summed E-state index contributed by atoms with van der Waals surface area (Å²) < 4.78 is 6.84. The van der Waals surface area contributed by atoms with Gasteiger partial charge >= 0.3 is 0 Å². The second kappa shape index (κ2) is 10.6. The topological polar surface area (TPSA) is 44.5 Å². The van der Waals surface area contributed by atoms with Gasteiger partial charge in [0.05, 0.1) is 5.41 Å². The maximum absolute atomic E-state index is 10.00. The number of benzene rings is 2. The highest BCUT2D eigenvalue weighted by Crippen LogP contribution is 2.44. The van der Waals surface area contributed by atoms with Crippen molar-refractivity contribution in [2.24, 2.45) is 0 Å². The van der Waals surface area contributed by atoms with Gasteiger partial charge in [0, 0.05) is 47.0 Å². The van der Waals surface area contributed by atoms with Gasteiger partial charge < -0.3 is 5.26 Å². The Hall–Kier alpha value is -1.89. The maximum atomic E-state index is 10.00. The summed E-state index contributed by atoms with van der Waals surface area (Å²) in [6.07, 6.45) is 9.39. The fraction of sp³-hybridized carbons (Fsp3) is 0.370. The SMILES string of the molecule is C=C1CCCC(/C=C/C2=[N+](CCCCSOO[O-])c3ccc4ccccc4c3C2(C)C)=C1Cl. The van der Waals surface area contributed by atoms with E-state index in [9.17, 15) is 5.26 Å². The molecule has 0 bridgehead atoms. The van der Waals surface area contributed by atoms with Crippen molar-refractivity contribution in [2.45, 2.75) is 51.4 Å². The lowest BCUT2D eigenvalue weighted by Crippen LogP contribution is -2.28. The largest absolute Gasteiger partial charge is 0.691 e. The first-order chi connectivity index (χ1) is 15.9. The predicted octanol–water partition coefficient (Wildman–Crippen LogP) is 6.66. The Balaban J connectivity index is 1.71. The lowest BCUT2D eigenvalue weighted by molar-refractivity contribution is -0.777. The van der Waals surface area contributed by atoms with Gasteiger partial charge in [-0.3, -0.25) is 5.04 Å². The summed E-state index contributed by atoms with van der Waals surface area (Å²) in [5.74, 6) is 0.708. The van der Waals surface area contributed by atoms with E-state index in [4.69, 9.17) is 11.6 Å². The van der Waals surface area contributed by atoms with Crippen LogP contribution in [0.1, 0.15) is 51.5 Å². The predicted molar refractivity (Wildman–Crippen MR) is 136 cm³/mol. The molecule has 0 unspecified atom stereocenters. The molecule has 0 atom stereocenters. The fourth-order valence-corrected chi connectivity index (χ4v) is 5.72. The molecule has 33 heavy (non-hydrogen) atoms. The molecule has 1 aliphatic heterocycles. The van der Waals surface area contributed by atoms with Gasteiger partial charge in [-0.25, -0.2) is 0 Å². The van der Waals surface area contributed by atoms with Crippen molar-refractivity contribution >= 4 is 45.8 Å². The van der Waals surface area contributed by atoms with Gasteiger partial charge in [0.2, 0.25) is 5.69 Å². The highest BCUT2D eigenvalue weighted by Gasteiger charge is 2.45. The molecule has 2 aromatic rings. The number of rotatable bonds is 9. The van der Waals surface area contributed by atoms with Crippen LogP contribution in [-0.4, -0.2) is 22.6 Å². The third kappa shape index (κ3) is 4.98. The second-order valence-corrected chi connectivity index (χ2v) is 10.3. The zero-order chi connectivity index (χ0) is 23.4. The molecule has 0 saturated carbocycles. The van der Waals surface area contributed by atoms with E-state index in [1.807, 2.05) is 0 Å². The monoisotopic (exact) mass is 483 g/mol. The molecule has 0 radical (unpaired) electrons. The molecule has 0 aromatic heterocycles. The van der Waals surface area contributed by atoms with E-state index < -0.39 is 0 Å². The Morgan fingerprint density at radius 3 is 2.79 bits per heavy atom. The van der Waals surface area contributed by atoms with E-state index in [1.165, 1.54) is 33.3 Å². The smallest absolute Gasteiger partial charge is 0.210 e. The average Bonchev–Trinajstić information content (AvgIpc) is 3.03. The summed E-state index contributed by atoms with van der Waals surface area (Å²) in [4.78, 5) is 0. The summed E-state index contributed by atoms with van der Waals surface area (Å²) in [6.45, 7) is 9.62. The lowest BCUT2D eigenvalue weighted by Gasteiger charge is -2.18. The van der Waals surface area contributed by atoms with Gasteiger partial charge in [-0.2, -0.15) is 8.91 Å². The van der Waals surface area contributed by atoms with E-state index in [0.29, 0.717) is 5.75 Å². The minimum absolute atomic E-state index is 0.153. The molecular formula is C27H30ClNO3S. The van der Waals surface area contributed by atoms with Crippen LogP contribution >= 0.6 is 23.6 Å². The van der Waals surface area contributed by atoms with E-state index in [1.54, 1.807) is 0 Å². The summed E-state index contributed by atoms with van der Waals surface area (Å²) in [7, 11) is 0. The third-order valence-corrected chi connectivity index (χ3v) is 7.77. The normalized spacial score (nSPS) is 18.1.